The van der Waals surface area contributed by atoms with Gasteiger partial charge in [-0.15, -0.1) is 0 Å². The van der Waals surface area contributed by atoms with E-state index in [1.165, 1.54) is 23.6 Å². The van der Waals surface area contributed by atoms with Crippen LogP contribution in [-0.4, -0.2) is 37.3 Å². The molecule has 2 rings (SSSR count). The first-order chi connectivity index (χ1) is 9.48. The zero-order valence-corrected chi connectivity index (χ0v) is 12.3. The highest BCUT2D eigenvalue weighted by Gasteiger charge is 2.36. The number of sulfonamides is 1. The van der Waals surface area contributed by atoms with Gasteiger partial charge >= 0.3 is 0 Å². The lowest BCUT2D eigenvalue weighted by Gasteiger charge is -2.36. The summed E-state index contributed by atoms with van der Waals surface area (Å²) in [6, 6.07) is 2.30. The van der Waals surface area contributed by atoms with Crippen LogP contribution in [0.3, 0.4) is 0 Å². The third-order valence-corrected chi connectivity index (χ3v) is 5.81. The summed E-state index contributed by atoms with van der Waals surface area (Å²) in [4.78, 5) is 3.68. The van der Waals surface area contributed by atoms with Crippen LogP contribution in [0.5, 0.6) is 0 Å². The second-order valence-electron chi connectivity index (χ2n) is 5.16. The highest BCUT2D eigenvalue weighted by molar-refractivity contribution is 7.89. The summed E-state index contributed by atoms with van der Waals surface area (Å²) in [6.45, 7) is 0.440. The molecule has 1 aromatic heterocycles. The molecule has 2 atom stereocenters. The summed E-state index contributed by atoms with van der Waals surface area (Å²) < 4.78 is 39.9. The fraction of sp³-hybridized carbons (Fsp3) is 0.615. The smallest absolute Gasteiger partial charge is 0.263 e. The van der Waals surface area contributed by atoms with Crippen molar-refractivity contribution in [3.05, 3.63) is 24.1 Å². The Kier molecular flexibility index (Phi) is 4.72. The minimum absolute atomic E-state index is 0.121. The summed E-state index contributed by atoms with van der Waals surface area (Å²) in [5, 5.41) is -0.510. The highest BCUT2D eigenvalue weighted by Crippen LogP contribution is 2.30. The van der Waals surface area contributed by atoms with Gasteiger partial charge in [0.25, 0.3) is 10.0 Å². The molecule has 7 heteroatoms. The van der Waals surface area contributed by atoms with E-state index in [1.807, 2.05) is 0 Å². The first-order valence-electron chi connectivity index (χ1n) is 6.77. The van der Waals surface area contributed by atoms with Gasteiger partial charge in [-0.25, -0.2) is 17.8 Å². The third-order valence-electron chi connectivity index (χ3n) is 3.99. The molecule has 5 nitrogen and oxygen atoms in total. The molecule has 1 fully saturated rings. The summed E-state index contributed by atoms with van der Waals surface area (Å²) in [6.07, 6.45) is 4.97. The van der Waals surface area contributed by atoms with Gasteiger partial charge in [0.05, 0.1) is 0 Å². The van der Waals surface area contributed by atoms with E-state index in [4.69, 9.17) is 5.73 Å². The molecule has 0 amide bonds. The molecule has 1 aliphatic rings. The van der Waals surface area contributed by atoms with Crippen LogP contribution in [0.15, 0.2) is 23.4 Å². The van der Waals surface area contributed by atoms with Crippen molar-refractivity contribution in [3.8, 4) is 0 Å². The Bertz CT molecular complexity index is 564. The first kappa shape index (κ1) is 15.3. The van der Waals surface area contributed by atoms with Crippen LogP contribution in [0.2, 0.25) is 0 Å². The predicted molar refractivity (Wildman–Crippen MR) is 73.9 cm³/mol. The topological polar surface area (TPSA) is 76.3 Å². The summed E-state index contributed by atoms with van der Waals surface area (Å²) in [5.74, 6) is -0.699. The Morgan fingerprint density at radius 2 is 2.15 bits per heavy atom. The lowest BCUT2D eigenvalue weighted by Crippen LogP contribution is -2.46. The zero-order chi connectivity index (χ0) is 14.8. The van der Waals surface area contributed by atoms with Gasteiger partial charge in [-0.05, 0) is 37.4 Å². The minimum Gasteiger partial charge on any atom is -0.330 e. The minimum atomic E-state index is -3.92. The molecule has 0 saturated heterocycles. The van der Waals surface area contributed by atoms with Gasteiger partial charge in [0.2, 0.25) is 5.03 Å². The van der Waals surface area contributed by atoms with E-state index in [1.54, 1.807) is 0 Å². The van der Waals surface area contributed by atoms with Crippen LogP contribution >= 0.6 is 0 Å². The van der Waals surface area contributed by atoms with Crippen LogP contribution in [0, 0.1) is 11.7 Å². The number of rotatable bonds is 4. The second kappa shape index (κ2) is 6.15. The van der Waals surface area contributed by atoms with Crippen molar-refractivity contribution in [2.45, 2.75) is 36.8 Å². The molecule has 0 aromatic carbocycles. The van der Waals surface area contributed by atoms with E-state index in [0.717, 1.165) is 31.7 Å². The Morgan fingerprint density at radius 3 is 2.80 bits per heavy atom. The Labute approximate surface area is 119 Å². The molecule has 1 heterocycles. The molecule has 1 aromatic rings. The maximum atomic E-state index is 13.7. The summed E-state index contributed by atoms with van der Waals surface area (Å²) in [5.41, 5.74) is 5.73. The molecular formula is C13H20FN3O2S. The van der Waals surface area contributed by atoms with Crippen molar-refractivity contribution in [2.24, 2.45) is 11.7 Å². The zero-order valence-electron chi connectivity index (χ0n) is 11.5. The first-order valence-corrected chi connectivity index (χ1v) is 8.21. The Morgan fingerprint density at radius 1 is 1.45 bits per heavy atom. The van der Waals surface area contributed by atoms with Crippen LogP contribution < -0.4 is 5.73 Å². The molecule has 2 N–H and O–H groups in total. The number of halogens is 1. The third kappa shape index (κ3) is 2.84. The molecule has 0 radical (unpaired) electrons. The van der Waals surface area contributed by atoms with Crippen molar-refractivity contribution in [1.82, 2.24) is 9.29 Å². The Balaban J connectivity index is 2.31. The normalized spacial score (nSPS) is 24.0. The monoisotopic (exact) mass is 301 g/mol. The quantitative estimate of drug-likeness (QED) is 0.911. The molecule has 20 heavy (non-hydrogen) atoms. The van der Waals surface area contributed by atoms with Gasteiger partial charge in [-0.3, -0.25) is 0 Å². The average Bonchev–Trinajstić information content (AvgIpc) is 2.46. The summed E-state index contributed by atoms with van der Waals surface area (Å²) in [7, 11) is -2.43. The lowest BCUT2D eigenvalue weighted by atomic mass is 9.85. The van der Waals surface area contributed by atoms with E-state index in [2.05, 4.69) is 4.98 Å². The van der Waals surface area contributed by atoms with Crippen LogP contribution in [-0.2, 0) is 10.0 Å². The van der Waals surface area contributed by atoms with Crippen molar-refractivity contribution in [2.75, 3.05) is 13.6 Å². The molecular weight excluding hydrogens is 281 g/mol. The number of hydrogen-bond acceptors (Lipinski definition) is 4. The van der Waals surface area contributed by atoms with Gasteiger partial charge in [-0.2, -0.15) is 4.31 Å². The van der Waals surface area contributed by atoms with E-state index >= 15 is 0 Å². The molecule has 0 bridgehead atoms. The second-order valence-corrected chi connectivity index (χ2v) is 7.07. The standard InChI is InChI=1S/C13H20FN3O2S/c1-17(12-7-3-2-5-10(12)9-15)20(18,19)13-11(14)6-4-8-16-13/h4,6,8,10,12H,2-3,5,7,9,15H2,1H3. The molecule has 0 spiro atoms. The van der Waals surface area contributed by atoms with Crippen molar-refractivity contribution in [3.63, 3.8) is 0 Å². The Hall–Kier alpha value is -1.05. The fourth-order valence-corrected chi connectivity index (χ4v) is 4.23. The summed E-state index contributed by atoms with van der Waals surface area (Å²) >= 11 is 0. The van der Waals surface area contributed by atoms with Crippen molar-refractivity contribution < 1.29 is 12.8 Å². The highest BCUT2D eigenvalue weighted by atomic mass is 32.2. The number of hydrogen-bond donors (Lipinski definition) is 1. The predicted octanol–water partition coefficient (Wildman–Crippen LogP) is 1.36. The van der Waals surface area contributed by atoms with Gasteiger partial charge in [0, 0.05) is 19.3 Å². The average molecular weight is 301 g/mol. The van der Waals surface area contributed by atoms with E-state index in [-0.39, 0.29) is 12.0 Å². The molecule has 2 unspecified atom stereocenters. The fourth-order valence-electron chi connectivity index (χ4n) is 2.82. The SMILES string of the molecule is CN(C1CCCCC1CN)S(=O)(=O)c1ncccc1F. The van der Waals surface area contributed by atoms with E-state index < -0.39 is 20.9 Å². The maximum Gasteiger partial charge on any atom is 0.263 e. The molecule has 112 valence electrons. The van der Waals surface area contributed by atoms with E-state index in [9.17, 15) is 12.8 Å². The van der Waals surface area contributed by atoms with Crippen LogP contribution in [0.4, 0.5) is 4.39 Å². The van der Waals surface area contributed by atoms with Crippen molar-refractivity contribution in [1.29, 1.82) is 0 Å². The molecule has 1 saturated carbocycles. The number of aromatic nitrogens is 1. The van der Waals surface area contributed by atoms with Gasteiger partial charge in [0.1, 0.15) is 0 Å². The largest absolute Gasteiger partial charge is 0.330 e. The van der Waals surface area contributed by atoms with Gasteiger partial charge < -0.3 is 5.73 Å². The molecule has 1 aliphatic carbocycles. The number of nitrogens with zero attached hydrogens (tertiary/aromatic N) is 2. The molecule has 0 aliphatic heterocycles. The van der Waals surface area contributed by atoms with Crippen LogP contribution in [0.1, 0.15) is 25.7 Å². The van der Waals surface area contributed by atoms with Gasteiger partial charge in [0.15, 0.2) is 5.82 Å². The lowest BCUT2D eigenvalue weighted by molar-refractivity contribution is 0.203. The van der Waals surface area contributed by atoms with Crippen molar-refractivity contribution >= 4 is 10.0 Å². The number of nitrogens with two attached hydrogens (primary N) is 1. The van der Waals surface area contributed by atoms with E-state index in [0.29, 0.717) is 6.54 Å². The number of pyridine rings is 1. The van der Waals surface area contributed by atoms with Gasteiger partial charge in [-0.1, -0.05) is 12.8 Å². The van der Waals surface area contributed by atoms with Crippen LogP contribution in [0.25, 0.3) is 0 Å². The maximum absolute atomic E-state index is 13.7.